The lowest BCUT2D eigenvalue weighted by molar-refractivity contribution is -0.127. The van der Waals surface area contributed by atoms with Gasteiger partial charge in [-0.1, -0.05) is 59.8 Å². The molecule has 0 aromatic heterocycles. The van der Waals surface area contributed by atoms with Gasteiger partial charge >= 0.3 is 0 Å². The molecular weight excluding hydrogens is 437 g/mol. The number of nitrogens with zero attached hydrogens (tertiary/aromatic N) is 1. The summed E-state index contributed by atoms with van der Waals surface area (Å²) in [6, 6.07) is 20.7. The predicted octanol–water partition coefficient (Wildman–Crippen LogP) is 5.86. The van der Waals surface area contributed by atoms with Crippen LogP contribution in [0, 0.1) is 5.82 Å². The lowest BCUT2D eigenvalue weighted by Gasteiger charge is -2.14. The number of imide groups is 1. The third-order valence-electron chi connectivity index (χ3n) is 4.92. The van der Waals surface area contributed by atoms with E-state index in [9.17, 15) is 14.0 Å². The van der Waals surface area contributed by atoms with Crippen molar-refractivity contribution in [2.24, 2.45) is 0 Å². The first-order chi connectivity index (χ1) is 15.0. The first-order valence-corrected chi connectivity index (χ1v) is 11.0. The van der Waals surface area contributed by atoms with Crippen molar-refractivity contribution in [3.05, 3.63) is 100 Å². The first kappa shape index (κ1) is 21.4. The van der Waals surface area contributed by atoms with E-state index in [0.29, 0.717) is 23.8 Å². The highest BCUT2D eigenvalue weighted by atomic mass is 35.5. The second-order valence-electron chi connectivity index (χ2n) is 7.19. The number of carbonyl (C=O) groups is 2. The highest BCUT2D eigenvalue weighted by Crippen LogP contribution is 2.31. The highest BCUT2D eigenvalue weighted by molar-refractivity contribution is 8.15. The minimum Gasteiger partial charge on any atom is -0.489 e. The molecule has 0 aliphatic carbocycles. The summed E-state index contributed by atoms with van der Waals surface area (Å²) in [6.45, 7) is 0.583. The van der Waals surface area contributed by atoms with Crippen LogP contribution in [0.5, 0.6) is 5.75 Å². The third-order valence-corrected chi connectivity index (χ3v) is 6.25. The summed E-state index contributed by atoms with van der Waals surface area (Å²) in [5.74, 6) is 0.221. The average molecular weight is 456 g/mol. The summed E-state index contributed by atoms with van der Waals surface area (Å²) in [6.07, 6.45) is 0.463. The first-order valence-electron chi connectivity index (χ1n) is 9.70. The Morgan fingerprint density at radius 2 is 1.48 bits per heavy atom. The molecule has 3 aromatic rings. The molecule has 1 aliphatic heterocycles. The summed E-state index contributed by atoms with van der Waals surface area (Å²) in [4.78, 5) is 26.4. The summed E-state index contributed by atoms with van der Waals surface area (Å²) >= 11 is 6.95. The van der Waals surface area contributed by atoms with Gasteiger partial charge in [0.15, 0.2) is 0 Å². The van der Waals surface area contributed by atoms with Crippen molar-refractivity contribution in [3.8, 4) is 5.75 Å². The molecule has 1 heterocycles. The van der Waals surface area contributed by atoms with Crippen LogP contribution in [-0.4, -0.2) is 21.3 Å². The molecule has 31 heavy (non-hydrogen) atoms. The van der Waals surface area contributed by atoms with Crippen molar-refractivity contribution in [3.63, 3.8) is 0 Å². The number of halogens is 2. The molecule has 1 aliphatic rings. The number of ether oxygens (including phenoxy) is 1. The van der Waals surface area contributed by atoms with Crippen LogP contribution in [0.15, 0.2) is 72.8 Å². The summed E-state index contributed by atoms with van der Waals surface area (Å²) in [5, 5.41) is -0.0600. The molecule has 3 aromatic carbocycles. The second-order valence-corrected chi connectivity index (χ2v) is 8.78. The Labute approximate surface area is 189 Å². The van der Waals surface area contributed by atoms with Crippen molar-refractivity contribution < 1.29 is 18.7 Å². The van der Waals surface area contributed by atoms with Gasteiger partial charge in [-0.05, 0) is 59.5 Å². The molecule has 4 nitrogen and oxygen atoms in total. The van der Waals surface area contributed by atoms with Gasteiger partial charge in [0.05, 0.1) is 11.8 Å². The number of hydrogen-bond donors (Lipinski definition) is 0. The van der Waals surface area contributed by atoms with Gasteiger partial charge in [-0.15, -0.1) is 0 Å². The van der Waals surface area contributed by atoms with E-state index in [-0.39, 0.29) is 23.5 Å². The number of carbonyl (C=O) groups excluding carboxylic acids is 2. The van der Waals surface area contributed by atoms with Crippen LogP contribution < -0.4 is 4.74 Å². The molecule has 158 valence electrons. The Kier molecular flexibility index (Phi) is 6.59. The Balaban J connectivity index is 1.33. The molecule has 0 radical (unpaired) electrons. The third kappa shape index (κ3) is 5.46. The van der Waals surface area contributed by atoms with E-state index in [0.717, 1.165) is 28.5 Å². The average Bonchev–Trinajstić information content (AvgIpc) is 3.03. The SMILES string of the molecule is O=C1S[C@@H](Cc2ccc(OCc3ccc(F)cc3)cc2)C(=O)N1Cc1ccc(Cl)cc1. The van der Waals surface area contributed by atoms with Crippen LogP contribution in [0.1, 0.15) is 16.7 Å². The molecule has 1 saturated heterocycles. The predicted molar refractivity (Wildman–Crippen MR) is 120 cm³/mol. The normalized spacial score (nSPS) is 16.1. The largest absolute Gasteiger partial charge is 0.489 e. The Morgan fingerprint density at radius 1 is 0.871 bits per heavy atom. The Morgan fingerprint density at radius 3 is 2.16 bits per heavy atom. The quantitative estimate of drug-likeness (QED) is 0.447. The van der Waals surface area contributed by atoms with E-state index < -0.39 is 5.25 Å². The van der Waals surface area contributed by atoms with Crippen molar-refractivity contribution >= 4 is 34.5 Å². The topological polar surface area (TPSA) is 46.6 Å². The van der Waals surface area contributed by atoms with Gasteiger partial charge in [-0.2, -0.15) is 0 Å². The lowest BCUT2D eigenvalue weighted by Crippen LogP contribution is -2.31. The maximum absolute atomic E-state index is 13.0. The van der Waals surface area contributed by atoms with Crippen molar-refractivity contribution in [1.82, 2.24) is 4.90 Å². The van der Waals surface area contributed by atoms with Gasteiger partial charge in [0, 0.05) is 5.02 Å². The smallest absolute Gasteiger partial charge is 0.289 e. The molecular formula is C24H19ClFNO3S. The molecule has 4 rings (SSSR count). The van der Waals surface area contributed by atoms with Gasteiger partial charge in [0.25, 0.3) is 5.24 Å². The van der Waals surface area contributed by atoms with Crippen LogP contribution in [-0.2, 0) is 24.4 Å². The van der Waals surface area contributed by atoms with E-state index in [1.54, 1.807) is 24.3 Å². The Hall–Kier alpha value is -2.83. The molecule has 0 bridgehead atoms. The molecule has 0 unspecified atom stereocenters. The molecule has 7 heteroatoms. The molecule has 0 spiro atoms. The van der Waals surface area contributed by atoms with Gasteiger partial charge in [-0.25, -0.2) is 4.39 Å². The lowest BCUT2D eigenvalue weighted by atomic mass is 10.1. The van der Waals surface area contributed by atoms with Crippen molar-refractivity contribution in [1.29, 1.82) is 0 Å². The molecule has 1 atom stereocenters. The number of rotatable bonds is 7. The summed E-state index contributed by atoms with van der Waals surface area (Å²) < 4.78 is 18.7. The zero-order valence-electron chi connectivity index (χ0n) is 16.5. The summed E-state index contributed by atoms with van der Waals surface area (Å²) in [5.41, 5.74) is 2.67. The van der Waals surface area contributed by atoms with E-state index >= 15 is 0 Å². The molecule has 2 amide bonds. The minimum absolute atomic E-state index is 0.179. The fraction of sp³-hybridized carbons (Fsp3) is 0.167. The van der Waals surface area contributed by atoms with Crippen molar-refractivity contribution in [2.45, 2.75) is 24.8 Å². The zero-order chi connectivity index (χ0) is 21.8. The van der Waals surface area contributed by atoms with Crippen LogP contribution >= 0.6 is 23.4 Å². The van der Waals surface area contributed by atoms with E-state index in [1.807, 2.05) is 36.4 Å². The monoisotopic (exact) mass is 455 g/mol. The van der Waals surface area contributed by atoms with Crippen LogP contribution in [0.3, 0.4) is 0 Å². The molecule has 0 saturated carbocycles. The van der Waals surface area contributed by atoms with Crippen LogP contribution in [0.4, 0.5) is 9.18 Å². The summed E-state index contributed by atoms with van der Waals surface area (Å²) in [7, 11) is 0. The maximum atomic E-state index is 13.0. The number of amides is 2. The number of hydrogen-bond acceptors (Lipinski definition) is 4. The molecule has 0 N–H and O–H groups in total. The van der Waals surface area contributed by atoms with Gasteiger partial charge in [0.1, 0.15) is 18.2 Å². The highest BCUT2D eigenvalue weighted by Gasteiger charge is 2.39. The Bertz CT molecular complexity index is 1070. The van der Waals surface area contributed by atoms with E-state index in [1.165, 1.54) is 17.0 Å². The number of benzene rings is 3. The second kappa shape index (κ2) is 9.54. The van der Waals surface area contributed by atoms with Gasteiger partial charge in [0.2, 0.25) is 5.91 Å². The standard InChI is InChI=1S/C24H19ClFNO3S/c25-19-7-1-17(2-8-19)14-27-23(28)22(31-24(27)29)13-16-5-11-21(12-6-16)30-15-18-3-9-20(26)10-4-18/h1-12,22H,13-15H2/t22-/m0/s1. The van der Waals surface area contributed by atoms with E-state index in [4.69, 9.17) is 16.3 Å². The van der Waals surface area contributed by atoms with Crippen molar-refractivity contribution in [2.75, 3.05) is 0 Å². The molecule has 1 fully saturated rings. The maximum Gasteiger partial charge on any atom is 0.289 e. The number of thioether (sulfide) groups is 1. The fourth-order valence-corrected chi connectivity index (χ4v) is 4.38. The fourth-order valence-electron chi connectivity index (χ4n) is 3.23. The van der Waals surface area contributed by atoms with Crippen LogP contribution in [0.25, 0.3) is 0 Å². The minimum atomic E-state index is -0.439. The van der Waals surface area contributed by atoms with Gasteiger partial charge < -0.3 is 4.74 Å². The van der Waals surface area contributed by atoms with E-state index in [2.05, 4.69) is 0 Å². The van der Waals surface area contributed by atoms with Gasteiger partial charge in [-0.3, -0.25) is 14.5 Å². The zero-order valence-corrected chi connectivity index (χ0v) is 18.0. The van der Waals surface area contributed by atoms with Crippen LogP contribution in [0.2, 0.25) is 5.02 Å².